The molecule has 1 unspecified atom stereocenters. The minimum atomic E-state index is -0.292. The number of nitrogens with zero attached hydrogens (tertiary/aromatic N) is 4. The van der Waals surface area contributed by atoms with Crippen molar-refractivity contribution >= 4 is 11.5 Å². The first kappa shape index (κ1) is 14.8. The lowest BCUT2D eigenvalue weighted by molar-refractivity contribution is -0.384. The summed E-state index contributed by atoms with van der Waals surface area (Å²) in [5.41, 5.74) is 6.51. The average molecular weight is 281 g/mol. The van der Waals surface area contributed by atoms with Gasteiger partial charge in [0.05, 0.1) is 4.92 Å². The maximum Gasteiger partial charge on any atom is 0.334 e. The molecule has 1 aromatic heterocycles. The van der Waals surface area contributed by atoms with Crippen LogP contribution >= 0.6 is 0 Å². The van der Waals surface area contributed by atoms with E-state index in [4.69, 9.17) is 5.73 Å². The van der Waals surface area contributed by atoms with Gasteiger partial charge >= 0.3 is 5.69 Å². The van der Waals surface area contributed by atoms with Crippen LogP contribution in [0, 0.1) is 16.0 Å². The van der Waals surface area contributed by atoms with Gasteiger partial charge in [0.1, 0.15) is 5.69 Å². The zero-order valence-corrected chi connectivity index (χ0v) is 12.2. The van der Waals surface area contributed by atoms with E-state index in [1.807, 2.05) is 6.92 Å². The molecule has 7 heteroatoms. The van der Waals surface area contributed by atoms with Gasteiger partial charge in [-0.1, -0.05) is 13.3 Å². The fraction of sp³-hybridized carbons (Fsp3) is 0.769. The summed E-state index contributed by atoms with van der Waals surface area (Å²) in [6.45, 7) is 4.25. The molecule has 0 aliphatic carbocycles. The van der Waals surface area contributed by atoms with E-state index in [1.165, 1.54) is 0 Å². The predicted molar refractivity (Wildman–Crippen MR) is 77.8 cm³/mol. The van der Waals surface area contributed by atoms with Crippen molar-refractivity contribution in [1.29, 1.82) is 0 Å². The molecule has 0 amide bonds. The molecule has 2 rings (SSSR count). The second-order valence-corrected chi connectivity index (χ2v) is 5.44. The standard InChI is InChI=1S/C13H23N5O2/c1-3-5-11-12(18(19)20)13(16(2)15-11)17-7-4-6-10(8-14)9-17/h10H,3-9,14H2,1-2H3. The van der Waals surface area contributed by atoms with Crippen LogP contribution in [-0.2, 0) is 13.5 Å². The van der Waals surface area contributed by atoms with E-state index in [-0.39, 0.29) is 10.6 Å². The van der Waals surface area contributed by atoms with E-state index in [9.17, 15) is 10.1 Å². The number of nitrogens with two attached hydrogens (primary N) is 1. The molecule has 0 aromatic carbocycles. The van der Waals surface area contributed by atoms with Crippen LogP contribution in [0.1, 0.15) is 31.9 Å². The highest BCUT2D eigenvalue weighted by molar-refractivity contribution is 5.62. The van der Waals surface area contributed by atoms with Gasteiger partial charge in [-0.05, 0) is 31.7 Å². The van der Waals surface area contributed by atoms with Crippen LogP contribution in [0.4, 0.5) is 11.5 Å². The minimum absolute atomic E-state index is 0.173. The van der Waals surface area contributed by atoms with Crippen molar-refractivity contribution in [1.82, 2.24) is 9.78 Å². The first-order valence-corrected chi connectivity index (χ1v) is 7.23. The topological polar surface area (TPSA) is 90.2 Å². The van der Waals surface area contributed by atoms with Crippen LogP contribution in [0.25, 0.3) is 0 Å². The van der Waals surface area contributed by atoms with E-state index in [1.54, 1.807) is 11.7 Å². The average Bonchev–Trinajstić information content (AvgIpc) is 2.76. The van der Waals surface area contributed by atoms with E-state index in [0.717, 1.165) is 32.4 Å². The Morgan fingerprint density at radius 1 is 1.55 bits per heavy atom. The SMILES string of the molecule is CCCc1nn(C)c(N2CCCC(CN)C2)c1[N+](=O)[O-]. The Kier molecular flexibility index (Phi) is 4.59. The summed E-state index contributed by atoms with van der Waals surface area (Å²) in [5, 5.41) is 15.8. The minimum Gasteiger partial charge on any atom is -0.351 e. The Balaban J connectivity index is 2.36. The molecular formula is C13H23N5O2. The largest absolute Gasteiger partial charge is 0.351 e. The molecule has 0 radical (unpaired) electrons. The van der Waals surface area contributed by atoms with Crippen molar-refractivity contribution in [2.24, 2.45) is 18.7 Å². The smallest absolute Gasteiger partial charge is 0.334 e. The molecule has 1 aliphatic heterocycles. The summed E-state index contributed by atoms with van der Waals surface area (Å²) in [6.07, 6.45) is 3.61. The molecule has 1 atom stereocenters. The third-order valence-electron chi connectivity index (χ3n) is 3.88. The molecule has 112 valence electrons. The molecule has 1 saturated heterocycles. The van der Waals surface area contributed by atoms with Crippen molar-refractivity contribution < 1.29 is 4.92 Å². The number of rotatable bonds is 5. The van der Waals surface area contributed by atoms with Crippen LogP contribution in [0.15, 0.2) is 0 Å². The van der Waals surface area contributed by atoms with Gasteiger partial charge < -0.3 is 10.6 Å². The molecule has 2 heterocycles. The van der Waals surface area contributed by atoms with Gasteiger partial charge in [-0.3, -0.25) is 10.1 Å². The Morgan fingerprint density at radius 2 is 2.30 bits per heavy atom. The van der Waals surface area contributed by atoms with E-state index < -0.39 is 0 Å². The highest BCUT2D eigenvalue weighted by Crippen LogP contribution is 2.34. The highest BCUT2D eigenvalue weighted by Gasteiger charge is 2.32. The van der Waals surface area contributed by atoms with Gasteiger partial charge in [-0.2, -0.15) is 5.10 Å². The number of nitro groups is 1. The van der Waals surface area contributed by atoms with Crippen LogP contribution in [0.5, 0.6) is 0 Å². The lowest BCUT2D eigenvalue weighted by atomic mass is 9.98. The van der Waals surface area contributed by atoms with Gasteiger partial charge in [0.15, 0.2) is 0 Å². The molecule has 7 nitrogen and oxygen atoms in total. The quantitative estimate of drug-likeness (QED) is 0.651. The number of piperidine rings is 1. The lowest BCUT2D eigenvalue weighted by Crippen LogP contribution is -2.39. The second-order valence-electron chi connectivity index (χ2n) is 5.44. The number of aryl methyl sites for hydroxylation is 2. The van der Waals surface area contributed by atoms with Crippen molar-refractivity contribution in [3.8, 4) is 0 Å². The molecule has 0 bridgehead atoms. The number of hydrogen-bond acceptors (Lipinski definition) is 5. The van der Waals surface area contributed by atoms with Crippen LogP contribution in [0.3, 0.4) is 0 Å². The van der Waals surface area contributed by atoms with Crippen LogP contribution < -0.4 is 10.6 Å². The molecule has 0 saturated carbocycles. The fourth-order valence-corrected chi connectivity index (χ4v) is 2.95. The first-order valence-electron chi connectivity index (χ1n) is 7.23. The van der Waals surface area contributed by atoms with Gasteiger partial charge in [-0.15, -0.1) is 0 Å². The van der Waals surface area contributed by atoms with Crippen molar-refractivity contribution in [2.75, 3.05) is 24.5 Å². The Bertz CT molecular complexity index is 485. The zero-order valence-electron chi connectivity index (χ0n) is 12.2. The predicted octanol–water partition coefficient (Wildman–Crippen LogP) is 1.46. The molecular weight excluding hydrogens is 258 g/mol. The van der Waals surface area contributed by atoms with E-state index in [2.05, 4.69) is 10.00 Å². The monoisotopic (exact) mass is 281 g/mol. The normalized spacial score (nSPS) is 19.4. The van der Waals surface area contributed by atoms with Gasteiger partial charge in [0.2, 0.25) is 5.82 Å². The van der Waals surface area contributed by atoms with Crippen LogP contribution in [-0.4, -0.2) is 34.3 Å². The number of hydrogen-bond donors (Lipinski definition) is 1. The van der Waals surface area contributed by atoms with Gasteiger partial charge in [-0.25, -0.2) is 4.68 Å². The Labute approximate surface area is 118 Å². The molecule has 2 N–H and O–H groups in total. The van der Waals surface area contributed by atoms with Crippen molar-refractivity contribution in [3.63, 3.8) is 0 Å². The number of aromatic nitrogens is 2. The molecule has 1 fully saturated rings. The summed E-state index contributed by atoms with van der Waals surface area (Å²) >= 11 is 0. The van der Waals surface area contributed by atoms with Crippen molar-refractivity contribution in [3.05, 3.63) is 15.8 Å². The lowest BCUT2D eigenvalue weighted by Gasteiger charge is -2.32. The Morgan fingerprint density at radius 3 is 2.90 bits per heavy atom. The second kappa shape index (κ2) is 6.21. The summed E-state index contributed by atoms with van der Waals surface area (Å²) < 4.78 is 1.65. The zero-order chi connectivity index (χ0) is 14.7. The highest BCUT2D eigenvalue weighted by atomic mass is 16.6. The summed E-state index contributed by atoms with van der Waals surface area (Å²) in [6, 6.07) is 0. The number of anilines is 1. The van der Waals surface area contributed by atoms with E-state index in [0.29, 0.717) is 30.4 Å². The third-order valence-corrected chi connectivity index (χ3v) is 3.88. The Hall–Kier alpha value is -1.63. The summed E-state index contributed by atoms with van der Waals surface area (Å²) in [5.74, 6) is 1.05. The summed E-state index contributed by atoms with van der Waals surface area (Å²) in [4.78, 5) is 13.2. The van der Waals surface area contributed by atoms with Crippen molar-refractivity contribution in [2.45, 2.75) is 32.6 Å². The van der Waals surface area contributed by atoms with Crippen LogP contribution in [0.2, 0.25) is 0 Å². The van der Waals surface area contributed by atoms with Gasteiger partial charge in [0.25, 0.3) is 0 Å². The fourth-order valence-electron chi connectivity index (χ4n) is 2.95. The third kappa shape index (κ3) is 2.77. The summed E-state index contributed by atoms with van der Waals surface area (Å²) in [7, 11) is 1.79. The van der Waals surface area contributed by atoms with E-state index >= 15 is 0 Å². The maximum atomic E-state index is 11.4. The van der Waals surface area contributed by atoms with Gasteiger partial charge in [0, 0.05) is 20.1 Å². The molecule has 1 aliphatic rings. The molecule has 20 heavy (non-hydrogen) atoms. The maximum absolute atomic E-state index is 11.4. The molecule has 0 spiro atoms. The first-order chi connectivity index (χ1) is 9.58. The molecule has 1 aromatic rings.